The summed E-state index contributed by atoms with van der Waals surface area (Å²) in [6.07, 6.45) is -3.04. The fourth-order valence-corrected chi connectivity index (χ4v) is 1.69. The maximum atomic E-state index is 12.3. The van der Waals surface area contributed by atoms with Gasteiger partial charge < -0.3 is 9.72 Å². The minimum Gasteiger partial charge on any atom is -0.494 e. The minimum atomic E-state index is -4.24. The molecule has 1 heterocycles. The molecule has 90 valence electrons. The standard InChI is InChI=1S/C7H8F2N2O4S/c1-15-4-2-3(5(8)9)6(12)11-7(4)16(10,13)14/h2,5H,1H3,(H,11,12)(H2,10,13,14). The minimum absolute atomic E-state index is 0.433. The number of aromatic amines is 1. The molecule has 0 unspecified atom stereocenters. The first-order valence-corrected chi connectivity index (χ1v) is 5.44. The fourth-order valence-electron chi connectivity index (χ4n) is 1.03. The zero-order valence-electron chi connectivity index (χ0n) is 8.03. The summed E-state index contributed by atoms with van der Waals surface area (Å²) in [7, 11) is -3.17. The molecule has 0 aliphatic carbocycles. The number of sulfonamides is 1. The number of methoxy groups -OCH3 is 1. The molecule has 0 atom stereocenters. The van der Waals surface area contributed by atoms with Gasteiger partial charge in [0.05, 0.1) is 12.7 Å². The van der Waals surface area contributed by atoms with E-state index in [1.807, 2.05) is 0 Å². The normalized spacial score (nSPS) is 11.8. The highest BCUT2D eigenvalue weighted by Crippen LogP contribution is 2.23. The molecule has 0 aromatic carbocycles. The summed E-state index contributed by atoms with van der Waals surface area (Å²) >= 11 is 0. The van der Waals surface area contributed by atoms with Crippen molar-refractivity contribution in [2.75, 3.05) is 7.11 Å². The van der Waals surface area contributed by atoms with Crippen molar-refractivity contribution in [1.29, 1.82) is 0 Å². The van der Waals surface area contributed by atoms with Gasteiger partial charge in [-0.25, -0.2) is 22.3 Å². The molecule has 16 heavy (non-hydrogen) atoms. The molecule has 9 heteroatoms. The van der Waals surface area contributed by atoms with Gasteiger partial charge in [0.2, 0.25) is 0 Å². The van der Waals surface area contributed by atoms with Crippen LogP contribution < -0.4 is 15.4 Å². The second-order valence-electron chi connectivity index (χ2n) is 2.80. The van der Waals surface area contributed by atoms with E-state index in [0.717, 1.165) is 7.11 Å². The Bertz CT molecular complexity index is 552. The fraction of sp³-hybridized carbons (Fsp3) is 0.286. The van der Waals surface area contributed by atoms with Gasteiger partial charge in [-0.05, 0) is 6.07 Å². The number of primary sulfonamides is 1. The first kappa shape index (κ1) is 12.6. The molecule has 3 N–H and O–H groups in total. The van der Waals surface area contributed by atoms with Crippen LogP contribution in [0.4, 0.5) is 8.78 Å². The lowest BCUT2D eigenvalue weighted by Gasteiger charge is -2.07. The molecule has 6 nitrogen and oxygen atoms in total. The van der Waals surface area contributed by atoms with Crippen LogP contribution in [0.15, 0.2) is 15.9 Å². The van der Waals surface area contributed by atoms with Crippen molar-refractivity contribution in [1.82, 2.24) is 4.98 Å². The summed E-state index contributed by atoms with van der Waals surface area (Å²) in [5, 5.41) is 4.03. The van der Waals surface area contributed by atoms with Gasteiger partial charge in [0.1, 0.15) is 0 Å². The zero-order valence-corrected chi connectivity index (χ0v) is 8.85. The maximum Gasteiger partial charge on any atom is 0.269 e. The number of halogens is 2. The quantitative estimate of drug-likeness (QED) is 0.790. The number of pyridine rings is 1. The number of rotatable bonds is 3. The van der Waals surface area contributed by atoms with Crippen LogP contribution in [0.2, 0.25) is 0 Å². The van der Waals surface area contributed by atoms with Gasteiger partial charge in [0.15, 0.2) is 10.8 Å². The van der Waals surface area contributed by atoms with Crippen LogP contribution in [0.5, 0.6) is 5.75 Å². The van der Waals surface area contributed by atoms with Gasteiger partial charge in [-0.2, -0.15) is 0 Å². The zero-order chi connectivity index (χ0) is 12.5. The second-order valence-corrected chi connectivity index (χ2v) is 4.30. The van der Waals surface area contributed by atoms with Gasteiger partial charge in [-0.15, -0.1) is 0 Å². The number of hydrogen-bond acceptors (Lipinski definition) is 4. The van der Waals surface area contributed by atoms with Crippen molar-refractivity contribution in [3.8, 4) is 5.75 Å². The van der Waals surface area contributed by atoms with Gasteiger partial charge in [-0.1, -0.05) is 0 Å². The maximum absolute atomic E-state index is 12.3. The summed E-state index contributed by atoms with van der Waals surface area (Å²) in [5.41, 5.74) is -2.11. The van der Waals surface area contributed by atoms with E-state index in [1.165, 1.54) is 0 Å². The van der Waals surface area contributed by atoms with Crippen molar-refractivity contribution in [3.05, 3.63) is 22.0 Å². The van der Waals surface area contributed by atoms with Gasteiger partial charge in [-0.3, -0.25) is 4.79 Å². The van der Waals surface area contributed by atoms with Crippen LogP contribution in [-0.2, 0) is 10.0 Å². The molecule has 1 aromatic heterocycles. The predicted octanol–water partition coefficient (Wildman–Crippen LogP) is -0.0315. The third-order valence-corrected chi connectivity index (χ3v) is 2.61. The Labute approximate surface area is 89.1 Å². The number of ether oxygens (including phenoxy) is 1. The number of alkyl halides is 2. The van der Waals surface area contributed by atoms with Crippen LogP contribution in [0, 0.1) is 0 Å². The molecule has 0 aliphatic heterocycles. The average Bonchev–Trinajstić information content (AvgIpc) is 2.15. The third kappa shape index (κ3) is 2.36. The smallest absolute Gasteiger partial charge is 0.269 e. The van der Waals surface area contributed by atoms with E-state index in [-0.39, 0.29) is 0 Å². The molecule has 0 spiro atoms. The van der Waals surface area contributed by atoms with Crippen molar-refractivity contribution >= 4 is 10.0 Å². The van der Waals surface area contributed by atoms with E-state index < -0.39 is 38.3 Å². The van der Waals surface area contributed by atoms with Crippen molar-refractivity contribution < 1.29 is 21.9 Å². The van der Waals surface area contributed by atoms with Crippen molar-refractivity contribution in [2.45, 2.75) is 11.5 Å². The first-order valence-electron chi connectivity index (χ1n) is 3.89. The molecule has 0 saturated carbocycles. The number of aromatic nitrogens is 1. The molecular formula is C7H8F2N2O4S. The van der Waals surface area contributed by atoms with Gasteiger partial charge in [0, 0.05) is 0 Å². The van der Waals surface area contributed by atoms with Gasteiger partial charge in [0.25, 0.3) is 22.0 Å². The lowest BCUT2D eigenvalue weighted by molar-refractivity contribution is 0.149. The van der Waals surface area contributed by atoms with Crippen molar-refractivity contribution in [2.24, 2.45) is 5.14 Å². The molecule has 1 aromatic rings. The van der Waals surface area contributed by atoms with E-state index in [4.69, 9.17) is 5.14 Å². The molecule has 0 fully saturated rings. The lowest BCUT2D eigenvalue weighted by Crippen LogP contribution is -2.22. The van der Waals surface area contributed by atoms with Crippen LogP contribution in [0.25, 0.3) is 0 Å². The lowest BCUT2D eigenvalue weighted by atomic mass is 10.3. The van der Waals surface area contributed by atoms with Crippen LogP contribution >= 0.6 is 0 Å². The molecular weight excluding hydrogens is 246 g/mol. The molecule has 0 radical (unpaired) electrons. The molecule has 0 amide bonds. The molecule has 1 rings (SSSR count). The Hall–Kier alpha value is -1.48. The predicted molar refractivity (Wildman–Crippen MR) is 49.9 cm³/mol. The Morgan fingerprint density at radius 2 is 2.06 bits per heavy atom. The SMILES string of the molecule is COc1cc(C(F)F)c(=O)[nH]c1S(N)(=O)=O. The average molecular weight is 254 g/mol. The summed E-state index contributed by atoms with van der Waals surface area (Å²) in [4.78, 5) is 12.8. The van der Waals surface area contributed by atoms with E-state index in [9.17, 15) is 22.0 Å². The number of nitrogens with two attached hydrogens (primary N) is 1. The van der Waals surface area contributed by atoms with E-state index in [2.05, 4.69) is 4.74 Å². The van der Waals surface area contributed by atoms with Crippen LogP contribution in [-0.4, -0.2) is 20.5 Å². The van der Waals surface area contributed by atoms with Gasteiger partial charge >= 0.3 is 0 Å². The monoisotopic (exact) mass is 254 g/mol. The highest BCUT2D eigenvalue weighted by molar-refractivity contribution is 7.89. The first-order chi connectivity index (χ1) is 7.27. The summed E-state index contributed by atoms with van der Waals surface area (Å²) in [6.45, 7) is 0. The number of nitrogens with one attached hydrogen (secondary N) is 1. The third-order valence-electron chi connectivity index (χ3n) is 1.74. The van der Waals surface area contributed by atoms with Crippen LogP contribution in [0.3, 0.4) is 0 Å². The second kappa shape index (κ2) is 4.18. The summed E-state index contributed by atoms with van der Waals surface area (Å²) in [5.74, 6) is -0.433. The number of hydrogen-bond donors (Lipinski definition) is 2. The Morgan fingerprint density at radius 3 is 2.44 bits per heavy atom. The van der Waals surface area contributed by atoms with Crippen LogP contribution in [0.1, 0.15) is 12.0 Å². The summed E-state index contributed by atoms with van der Waals surface area (Å²) < 4.78 is 51.2. The Kier molecular flexibility index (Phi) is 3.29. The van der Waals surface area contributed by atoms with Crippen molar-refractivity contribution in [3.63, 3.8) is 0 Å². The topological polar surface area (TPSA) is 102 Å². The highest BCUT2D eigenvalue weighted by Gasteiger charge is 2.21. The van der Waals surface area contributed by atoms with E-state index in [1.54, 1.807) is 4.98 Å². The van der Waals surface area contributed by atoms with E-state index >= 15 is 0 Å². The Balaban J connectivity index is 3.57. The van der Waals surface area contributed by atoms with E-state index in [0.29, 0.717) is 6.07 Å². The Morgan fingerprint density at radius 1 is 1.50 bits per heavy atom. The summed E-state index contributed by atoms with van der Waals surface area (Å²) in [6, 6.07) is 0.642. The largest absolute Gasteiger partial charge is 0.494 e. The highest BCUT2D eigenvalue weighted by atomic mass is 32.2. The molecule has 0 aliphatic rings. The molecule has 0 bridgehead atoms. The number of H-pyrrole nitrogens is 1. The molecule has 0 saturated heterocycles.